The van der Waals surface area contributed by atoms with Gasteiger partial charge in [0.25, 0.3) is 0 Å². The van der Waals surface area contributed by atoms with E-state index < -0.39 is 10.4 Å². The van der Waals surface area contributed by atoms with Gasteiger partial charge in [-0.2, -0.15) is 8.42 Å². The predicted molar refractivity (Wildman–Crippen MR) is 43.1 cm³/mol. The summed E-state index contributed by atoms with van der Waals surface area (Å²) in [6.07, 6.45) is 0. The van der Waals surface area contributed by atoms with Gasteiger partial charge in [-0.25, -0.2) is 0 Å². The molecule has 0 saturated heterocycles. The van der Waals surface area contributed by atoms with Gasteiger partial charge in [0.05, 0.1) is 13.2 Å². The van der Waals surface area contributed by atoms with Gasteiger partial charge >= 0.3 is 10.4 Å². The minimum Gasteiger partial charge on any atom is -0.379 e. The third-order valence-corrected chi connectivity index (χ3v) is 0.524. The normalized spacial score (nSPS) is 10.3. The Morgan fingerprint density at radius 1 is 1.08 bits per heavy atom. The number of nitrogens with two attached hydrogens (primary N) is 2. The molecule has 0 amide bonds. The van der Waals surface area contributed by atoms with Crippen LogP contribution in [0, 0.1) is 0 Å². The number of hydrogen-bond donors (Lipinski definition) is 4. The van der Waals surface area contributed by atoms with E-state index in [0.29, 0.717) is 26.3 Å². The van der Waals surface area contributed by atoms with E-state index in [1.165, 1.54) is 0 Å². The fourth-order valence-corrected chi connectivity index (χ4v) is 0.269. The Hall–Kier alpha value is -0.250. The average molecular weight is 202 g/mol. The summed E-state index contributed by atoms with van der Waals surface area (Å²) < 4.78 is 36.5. The largest absolute Gasteiger partial charge is 0.394 e. The van der Waals surface area contributed by atoms with E-state index in [4.69, 9.17) is 33.7 Å². The molecule has 0 radical (unpaired) electrons. The monoisotopic (exact) mass is 202 g/mol. The van der Waals surface area contributed by atoms with Gasteiger partial charge in [0.2, 0.25) is 0 Å². The van der Waals surface area contributed by atoms with E-state index >= 15 is 0 Å². The van der Waals surface area contributed by atoms with Gasteiger partial charge in [-0.1, -0.05) is 0 Å². The molecule has 7 nitrogen and oxygen atoms in total. The Labute approximate surface area is 71.3 Å². The van der Waals surface area contributed by atoms with Gasteiger partial charge < -0.3 is 16.2 Å². The zero-order valence-electron chi connectivity index (χ0n) is 6.51. The van der Waals surface area contributed by atoms with Crippen LogP contribution in [0.2, 0.25) is 0 Å². The highest BCUT2D eigenvalue weighted by Gasteiger charge is 1.84. The maximum Gasteiger partial charge on any atom is 0.394 e. The lowest BCUT2D eigenvalue weighted by atomic mass is 10.7. The first-order valence-electron chi connectivity index (χ1n) is 3.09. The quantitative estimate of drug-likeness (QED) is 0.314. The fourth-order valence-electron chi connectivity index (χ4n) is 0.269. The highest BCUT2D eigenvalue weighted by atomic mass is 32.3. The minimum atomic E-state index is -4.67. The Balaban J connectivity index is 0. The summed E-state index contributed by atoms with van der Waals surface area (Å²) in [5, 5.41) is 0. The zero-order chi connectivity index (χ0) is 10.0. The maximum atomic E-state index is 8.74. The van der Waals surface area contributed by atoms with Crippen molar-refractivity contribution in [3.8, 4) is 0 Å². The second-order valence-electron chi connectivity index (χ2n) is 1.64. The topological polar surface area (TPSA) is 136 Å². The molecule has 0 rings (SSSR count). The van der Waals surface area contributed by atoms with Crippen LogP contribution < -0.4 is 11.5 Å². The number of hydrogen-bond acceptors (Lipinski definition) is 5. The summed E-state index contributed by atoms with van der Waals surface area (Å²) in [6.45, 7) is 2.41. The molecule has 76 valence electrons. The molecule has 0 aromatic rings. The van der Waals surface area contributed by atoms with Crippen molar-refractivity contribution in [2.75, 3.05) is 26.3 Å². The van der Waals surface area contributed by atoms with Crippen LogP contribution in [0.3, 0.4) is 0 Å². The first-order valence-corrected chi connectivity index (χ1v) is 4.49. The van der Waals surface area contributed by atoms with E-state index in [9.17, 15) is 0 Å². The number of rotatable bonds is 4. The molecular formula is C4H14N2O5S. The van der Waals surface area contributed by atoms with Crippen molar-refractivity contribution in [3.63, 3.8) is 0 Å². The highest BCUT2D eigenvalue weighted by molar-refractivity contribution is 7.79. The van der Waals surface area contributed by atoms with Crippen LogP contribution in [-0.4, -0.2) is 43.8 Å². The molecule has 0 fully saturated rings. The van der Waals surface area contributed by atoms with Crippen LogP contribution in [-0.2, 0) is 15.1 Å². The molecular weight excluding hydrogens is 188 g/mol. The van der Waals surface area contributed by atoms with E-state index in [1.807, 2.05) is 0 Å². The molecule has 0 aromatic carbocycles. The van der Waals surface area contributed by atoms with Gasteiger partial charge in [0.1, 0.15) is 0 Å². The molecule has 6 N–H and O–H groups in total. The highest BCUT2D eigenvalue weighted by Crippen LogP contribution is 1.65. The first kappa shape index (κ1) is 14.3. The van der Waals surface area contributed by atoms with Gasteiger partial charge in [0.15, 0.2) is 0 Å². The standard InChI is InChI=1S/C4H12N2O.H2O4S/c5-1-3-7-4-2-6;1-5(2,3)4/h1-6H2;(H2,1,2,3,4). The lowest BCUT2D eigenvalue weighted by Gasteiger charge is -1.95. The summed E-state index contributed by atoms with van der Waals surface area (Å²) in [5.41, 5.74) is 10.2. The molecule has 0 aliphatic heterocycles. The lowest BCUT2D eigenvalue weighted by molar-refractivity contribution is 0.149. The van der Waals surface area contributed by atoms with Crippen molar-refractivity contribution in [3.05, 3.63) is 0 Å². The average Bonchev–Trinajstić information content (AvgIpc) is 1.85. The molecule has 0 aliphatic carbocycles. The third kappa shape index (κ3) is 53.1. The van der Waals surface area contributed by atoms with E-state index in [-0.39, 0.29) is 0 Å². The number of ether oxygens (including phenoxy) is 1. The summed E-state index contributed by atoms with van der Waals surface area (Å²) >= 11 is 0. The van der Waals surface area contributed by atoms with Crippen molar-refractivity contribution in [2.24, 2.45) is 11.5 Å². The zero-order valence-corrected chi connectivity index (χ0v) is 7.33. The van der Waals surface area contributed by atoms with Gasteiger partial charge in [0, 0.05) is 13.1 Å². The Morgan fingerprint density at radius 2 is 1.33 bits per heavy atom. The molecule has 0 saturated carbocycles. The second kappa shape index (κ2) is 8.84. The Kier molecular flexibility index (Phi) is 10.5. The molecule has 0 bridgehead atoms. The van der Waals surface area contributed by atoms with E-state index in [2.05, 4.69) is 0 Å². The van der Waals surface area contributed by atoms with E-state index in [1.54, 1.807) is 0 Å². The van der Waals surface area contributed by atoms with Gasteiger partial charge in [-0.05, 0) is 0 Å². The van der Waals surface area contributed by atoms with Gasteiger partial charge in [-0.15, -0.1) is 0 Å². The molecule has 0 spiro atoms. The molecule has 12 heavy (non-hydrogen) atoms. The SMILES string of the molecule is NCCOCCN.O=S(=O)(O)O. The molecule has 0 aliphatic rings. The Morgan fingerprint density at radius 3 is 1.50 bits per heavy atom. The van der Waals surface area contributed by atoms with Crippen molar-refractivity contribution in [1.29, 1.82) is 0 Å². The second-order valence-corrected chi connectivity index (χ2v) is 2.53. The molecule has 0 heterocycles. The Bertz CT molecular complexity index is 156. The smallest absolute Gasteiger partial charge is 0.379 e. The lowest BCUT2D eigenvalue weighted by Crippen LogP contribution is -2.13. The summed E-state index contributed by atoms with van der Waals surface area (Å²) in [5.74, 6) is 0. The minimum absolute atomic E-state index is 0.583. The van der Waals surface area contributed by atoms with Crippen LogP contribution in [0.25, 0.3) is 0 Å². The van der Waals surface area contributed by atoms with Crippen LogP contribution in [0.4, 0.5) is 0 Å². The van der Waals surface area contributed by atoms with Crippen LogP contribution in [0.5, 0.6) is 0 Å². The van der Waals surface area contributed by atoms with Crippen molar-refractivity contribution in [2.45, 2.75) is 0 Å². The fraction of sp³-hybridized carbons (Fsp3) is 1.00. The molecule has 0 atom stereocenters. The third-order valence-electron chi connectivity index (χ3n) is 0.524. The summed E-state index contributed by atoms with van der Waals surface area (Å²) in [7, 11) is -4.67. The molecule has 0 aromatic heterocycles. The van der Waals surface area contributed by atoms with Crippen LogP contribution in [0.1, 0.15) is 0 Å². The van der Waals surface area contributed by atoms with Crippen molar-refractivity contribution >= 4 is 10.4 Å². The molecule has 8 heteroatoms. The first-order chi connectivity index (χ1) is 5.41. The summed E-state index contributed by atoms with van der Waals surface area (Å²) in [6, 6.07) is 0. The van der Waals surface area contributed by atoms with Gasteiger partial charge in [-0.3, -0.25) is 9.11 Å². The van der Waals surface area contributed by atoms with Crippen molar-refractivity contribution < 1.29 is 22.3 Å². The summed E-state index contributed by atoms with van der Waals surface area (Å²) in [4.78, 5) is 0. The van der Waals surface area contributed by atoms with Crippen LogP contribution >= 0.6 is 0 Å². The van der Waals surface area contributed by atoms with Crippen molar-refractivity contribution in [1.82, 2.24) is 0 Å². The van der Waals surface area contributed by atoms with Crippen LogP contribution in [0.15, 0.2) is 0 Å². The molecule has 0 unspecified atom stereocenters. The van der Waals surface area contributed by atoms with E-state index in [0.717, 1.165) is 0 Å². The maximum absolute atomic E-state index is 8.74. The predicted octanol–water partition coefficient (Wildman–Crippen LogP) is -1.73.